The van der Waals surface area contributed by atoms with E-state index in [0.29, 0.717) is 6.04 Å². The van der Waals surface area contributed by atoms with Crippen molar-refractivity contribution < 1.29 is 0 Å². The summed E-state index contributed by atoms with van der Waals surface area (Å²) in [6.45, 7) is 12.7. The van der Waals surface area contributed by atoms with Gasteiger partial charge in [-0.25, -0.2) is 0 Å². The molecule has 0 bridgehead atoms. The first-order valence-electron chi connectivity index (χ1n) is 7.38. The van der Waals surface area contributed by atoms with Gasteiger partial charge in [-0.05, 0) is 46.3 Å². The second-order valence-electron chi connectivity index (χ2n) is 5.61. The third-order valence-electron chi connectivity index (χ3n) is 4.54. The lowest BCUT2D eigenvalue weighted by Gasteiger charge is -2.46. The van der Waals surface area contributed by atoms with Crippen molar-refractivity contribution in [3.8, 4) is 0 Å². The molecule has 0 aromatic carbocycles. The van der Waals surface area contributed by atoms with Gasteiger partial charge in [-0.2, -0.15) is 0 Å². The molecule has 2 atom stereocenters. The molecule has 0 saturated carbocycles. The van der Waals surface area contributed by atoms with Crippen LogP contribution in [0.5, 0.6) is 0 Å². The zero-order valence-corrected chi connectivity index (χ0v) is 13.1. The van der Waals surface area contributed by atoms with E-state index in [1.807, 2.05) is 0 Å². The Morgan fingerprint density at radius 3 is 1.88 bits per heavy atom. The van der Waals surface area contributed by atoms with Gasteiger partial charge in [-0.15, -0.1) is 0 Å². The van der Waals surface area contributed by atoms with Crippen LogP contribution in [0.3, 0.4) is 0 Å². The molecular weight excluding hydrogens is 208 g/mol. The van der Waals surface area contributed by atoms with E-state index < -0.39 is 0 Å². The van der Waals surface area contributed by atoms with Crippen LogP contribution in [-0.2, 0) is 0 Å². The Bertz CT molecular complexity index is 187. The molecule has 0 aliphatic rings. The fourth-order valence-electron chi connectivity index (χ4n) is 2.77. The van der Waals surface area contributed by atoms with Crippen molar-refractivity contribution in [2.24, 2.45) is 5.92 Å². The van der Waals surface area contributed by atoms with Gasteiger partial charge >= 0.3 is 0 Å². The molecule has 2 heteroatoms. The van der Waals surface area contributed by atoms with E-state index in [1.165, 1.54) is 25.7 Å². The Morgan fingerprint density at radius 2 is 1.59 bits per heavy atom. The second kappa shape index (κ2) is 8.10. The molecule has 2 nitrogen and oxygen atoms in total. The van der Waals surface area contributed by atoms with E-state index >= 15 is 0 Å². The molecule has 0 spiro atoms. The summed E-state index contributed by atoms with van der Waals surface area (Å²) in [5.41, 5.74) is 0.256. The third kappa shape index (κ3) is 4.26. The van der Waals surface area contributed by atoms with Crippen molar-refractivity contribution in [1.29, 1.82) is 0 Å². The molecule has 0 fully saturated rings. The summed E-state index contributed by atoms with van der Waals surface area (Å²) in [7, 11) is 4.43. The maximum atomic E-state index is 3.80. The minimum Gasteiger partial charge on any atom is -0.312 e. The van der Waals surface area contributed by atoms with Crippen molar-refractivity contribution >= 4 is 0 Å². The number of likely N-dealkylation sites (N-methyl/N-ethyl adjacent to an activating group) is 1. The van der Waals surface area contributed by atoms with Gasteiger partial charge < -0.3 is 10.2 Å². The number of nitrogens with zero attached hydrogens (tertiary/aromatic N) is 1. The van der Waals surface area contributed by atoms with Crippen LogP contribution in [0.1, 0.15) is 60.3 Å². The molecule has 0 rings (SSSR count). The maximum absolute atomic E-state index is 3.80. The van der Waals surface area contributed by atoms with Crippen molar-refractivity contribution in [3.63, 3.8) is 0 Å². The first-order valence-corrected chi connectivity index (χ1v) is 7.38. The summed E-state index contributed by atoms with van der Waals surface area (Å²) in [4.78, 5) is 2.40. The fourth-order valence-corrected chi connectivity index (χ4v) is 2.77. The highest BCUT2D eigenvalue weighted by molar-refractivity contribution is 4.97. The number of nitrogens with one attached hydrogen (secondary N) is 1. The lowest BCUT2D eigenvalue weighted by molar-refractivity contribution is 0.0774. The fraction of sp³-hybridized carbons (Fsp3) is 1.00. The second-order valence-corrected chi connectivity index (χ2v) is 5.61. The van der Waals surface area contributed by atoms with Gasteiger partial charge in [0.25, 0.3) is 0 Å². The predicted octanol–water partition coefficient (Wildman–Crippen LogP) is 3.52. The van der Waals surface area contributed by atoms with E-state index in [9.17, 15) is 0 Å². The summed E-state index contributed by atoms with van der Waals surface area (Å²) in [5.74, 6) is 0.772. The molecule has 0 amide bonds. The average molecular weight is 242 g/mol. The molecule has 1 N–H and O–H groups in total. The van der Waals surface area contributed by atoms with Gasteiger partial charge in [0.05, 0.1) is 0 Å². The Labute approximate surface area is 109 Å². The normalized spacial score (nSPS) is 17.5. The van der Waals surface area contributed by atoms with Gasteiger partial charge in [0.15, 0.2) is 0 Å². The van der Waals surface area contributed by atoms with Crippen LogP contribution >= 0.6 is 0 Å². The highest BCUT2D eigenvalue weighted by atomic mass is 15.2. The first-order chi connectivity index (χ1) is 7.97. The number of rotatable bonds is 9. The minimum atomic E-state index is 0.256. The maximum Gasteiger partial charge on any atom is 0.0328 e. The summed E-state index contributed by atoms with van der Waals surface area (Å²) in [5, 5.41) is 3.80. The van der Waals surface area contributed by atoms with E-state index in [-0.39, 0.29) is 5.54 Å². The van der Waals surface area contributed by atoms with E-state index in [1.54, 1.807) is 0 Å². The predicted molar refractivity (Wildman–Crippen MR) is 78.5 cm³/mol. The Morgan fingerprint density at radius 1 is 1.06 bits per heavy atom. The van der Waals surface area contributed by atoms with Crippen LogP contribution < -0.4 is 5.32 Å². The van der Waals surface area contributed by atoms with Gasteiger partial charge in [0.2, 0.25) is 0 Å². The number of hydrogen-bond donors (Lipinski definition) is 1. The van der Waals surface area contributed by atoms with Crippen LogP contribution in [0, 0.1) is 5.92 Å². The topological polar surface area (TPSA) is 15.3 Å². The Hall–Kier alpha value is -0.0800. The Kier molecular flexibility index (Phi) is 8.06. The molecule has 0 aliphatic heterocycles. The lowest BCUT2D eigenvalue weighted by atomic mass is 9.77. The molecule has 0 aromatic rings. The van der Waals surface area contributed by atoms with Gasteiger partial charge in [-0.1, -0.05) is 40.5 Å². The van der Waals surface area contributed by atoms with Crippen LogP contribution in [0.2, 0.25) is 0 Å². The van der Waals surface area contributed by atoms with E-state index in [2.05, 4.69) is 58.9 Å². The summed E-state index contributed by atoms with van der Waals surface area (Å²) >= 11 is 0. The zero-order chi connectivity index (χ0) is 13.5. The first kappa shape index (κ1) is 16.9. The SMILES string of the molecule is CCCNC(C(CC)CC)C(C)(CC)N(C)C. The summed E-state index contributed by atoms with van der Waals surface area (Å²) < 4.78 is 0. The van der Waals surface area contributed by atoms with Crippen molar-refractivity contribution in [2.75, 3.05) is 20.6 Å². The van der Waals surface area contributed by atoms with Crippen molar-refractivity contribution in [2.45, 2.75) is 71.9 Å². The highest BCUT2D eigenvalue weighted by Crippen LogP contribution is 2.29. The molecule has 0 heterocycles. The molecule has 0 saturated heterocycles. The molecule has 0 aliphatic carbocycles. The standard InChI is InChI=1S/C15H34N2/c1-8-12-16-14(13(9-2)10-3)15(5,11-4)17(6)7/h13-14,16H,8-12H2,1-7H3. The lowest BCUT2D eigenvalue weighted by Crippen LogP contribution is -2.60. The monoisotopic (exact) mass is 242 g/mol. The molecular formula is C15H34N2. The van der Waals surface area contributed by atoms with Crippen LogP contribution in [-0.4, -0.2) is 37.1 Å². The van der Waals surface area contributed by atoms with Gasteiger partial charge in [-0.3, -0.25) is 0 Å². The minimum absolute atomic E-state index is 0.256. The summed E-state index contributed by atoms with van der Waals surface area (Å²) in [6, 6.07) is 0.595. The average Bonchev–Trinajstić information content (AvgIpc) is 2.33. The van der Waals surface area contributed by atoms with Gasteiger partial charge in [0, 0.05) is 11.6 Å². The van der Waals surface area contributed by atoms with Crippen LogP contribution in [0.4, 0.5) is 0 Å². The molecule has 104 valence electrons. The largest absolute Gasteiger partial charge is 0.312 e. The van der Waals surface area contributed by atoms with Gasteiger partial charge in [0.1, 0.15) is 0 Å². The van der Waals surface area contributed by atoms with Crippen molar-refractivity contribution in [1.82, 2.24) is 10.2 Å². The smallest absolute Gasteiger partial charge is 0.0328 e. The Balaban J connectivity index is 4.97. The third-order valence-corrected chi connectivity index (χ3v) is 4.54. The van der Waals surface area contributed by atoms with E-state index in [0.717, 1.165) is 12.5 Å². The molecule has 0 radical (unpaired) electrons. The van der Waals surface area contributed by atoms with E-state index in [4.69, 9.17) is 0 Å². The van der Waals surface area contributed by atoms with Crippen LogP contribution in [0.25, 0.3) is 0 Å². The molecule has 0 aromatic heterocycles. The zero-order valence-electron chi connectivity index (χ0n) is 13.1. The summed E-state index contributed by atoms with van der Waals surface area (Å²) in [6.07, 6.45) is 4.93. The number of hydrogen-bond acceptors (Lipinski definition) is 2. The molecule has 2 unspecified atom stereocenters. The molecule has 17 heavy (non-hydrogen) atoms. The van der Waals surface area contributed by atoms with Crippen molar-refractivity contribution in [3.05, 3.63) is 0 Å². The van der Waals surface area contributed by atoms with Crippen LogP contribution in [0.15, 0.2) is 0 Å². The highest BCUT2D eigenvalue weighted by Gasteiger charge is 2.37. The quantitative estimate of drug-likeness (QED) is 0.665.